The number of nitrogens with zero attached hydrogens (tertiary/aromatic N) is 1. The molecule has 5 rings (SSSR count). The van der Waals surface area contributed by atoms with Crippen LogP contribution in [0, 0.1) is 12.7 Å². The predicted octanol–water partition coefficient (Wildman–Crippen LogP) is 7.70. The first kappa shape index (κ1) is 26.2. The third kappa shape index (κ3) is 6.36. The van der Waals surface area contributed by atoms with Crippen molar-refractivity contribution in [1.82, 2.24) is 4.98 Å². The number of pyridine rings is 1. The van der Waals surface area contributed by atoms with Crippen LogP contribution in [0.4, 0.5) is 4.39 Å². The van der Waals surface area contributed by atoms with Gasteiger partial charge in [0.25, 0.3) is 0 Å². The normalized spacial score (nSPS) is 10.8. The zero-order valence-electron chi connectivity index (χ0n) is 21.2. The summed E-state index contributed by atoms with van der Waals surface area (Å²) in [6.07, 6.45) is 0. The van der Waals surface area contributed by atoms with Gasteiger partial charge in [-0.05, 0) is 64.9 Å². The lowest BCUT2D eigenvalue weighted by Gasteiger charge is -2.15. The molecule has 0 saturated heterocycles. The third-order valence-corrected chi connectivity index (χ3v) is 6.43. The Bertz CT molecular complexity index is 1610. The zero-order valence-corrected chi connectivity index (χ0v) is 22.0. The molecule has 0 atom stereocenters. The molecule has 0 radical (unpaired) electrons. The summed E-state index contributed by atoms with van der Waals surface area (Å²) in [5, 5.41) is 1.48. The number of fused-ring (bicyclic) bond motifs is 1. The molecule has 196 valence electrons. The van der Waals surface area contributed by atoms with Crippen LogP contribution in [-0.4, -0.2) is 17.6 Å². The summed E-state index contributed by atoms with van der Waals surface area (Å²) in [4.78, 5) is 16.9. The molecule has 0 unspecified atom stereocenters. The van der Waals surface area contributed by atoms with Gasteiger partial charge in [0.15, 0.2) is 6.61 Å². The standard InChI is InChI=1S/C32H25ClFNO4/c1-21-16-24(12-15-28(21)34)30-26-14-13-25(37-18-22-8-4-2-5-9-22)17-27(26)32(35-31(30)33)39-20-29(36)38-19-23-10-6-3-7-11-23/h2-17H,18-20H2,1H3. The van der Waals surface area contributed by atoms with Gasteiger partial charge in [0, 0.05) is 10.9 Å². The zero-order chi connectivity index (χ0) is 27.2. The maximum Gasteiger partial charge on any atom is 0.344 e. The van der Waals surface area contributed by atoms with E-state index in [2.05, 4.69) is 4.98 Å². The summed E-state index contributed by atoms with van der Waals surface area (Å²) < 4.78 is 31.2. The Morgan fingerprint density at radius 1 is 0.821 bits per heavy atom. The van der Waals surface area contributed by atoms with Crippen LogP contribution >= 0.6 is 11.6 Å². The van der Waals surface area contributed by atoms with Crippen LogP contribution in [0.3, 0.4) is 0 Å². The monoisotopic (exact) mass is 541 g/mol. The molecule has 0 N–H and O–H groups in total. The van der Waals surface area contributed by atoms with Crippen molar-refractivity contribution in [3.05, 3.63) is 125 Å². The molecule has 0 saturated carbocycles. The second-order valence-corrected chi connectivity index (χ2v) is 9.32. The highest BCUT2D eigenvalue weighted by Gasteiger charge is 2.18. The second-order valence-electron chi connectivity index (χ2n) is 8.96. The lowest BCUT2D eigenvalue weighted by molar-refractivity contribution is -0.147. The van der Waals surface area contributed by atoms with Gasteiger partial charge in [-0.1, -0.05) is 78.3 Å². The second kappa shape index (κ2) is 12.0. The van der Waals surface area contributed by atoms with E-state index in [0.29, 0.717) is 34.4 Å². The summed E-state index contributed by atoms with van der Waals surface area (Å²) in [5.41, 5.74) is 3.72. The van der Waals surface area contributed by atoms with Crippen molar-refractivity contribution >= 4 is 28.3 Å². The number of ether oxygens (including phenoxy) is 3. The smallest absolute Gasteiger partial charge is 0.344 e. The first-order valence-corrected chi connectivity index (χ1v) is 12.7. The average Bonchev–Trinajstić information content (AvgIpc) is 2.96. The van der Waals surface area contributed by atoms with E-state index in [9.17, 15) is 9.18 Å². The largest absolute Gasteiger partial charge is 0.489 e. The molecular formula is C32H25ClFNO4. The molecule has 0 fully saturated rings. The number of esters is 1. The number of hydrogen-bond donors (Lipinski definition) is 0. The average molecular weight is 542 g/mol. The first-order valence-electron chi connectivity index (χ1n) is 12.4. The number of carbonyl (C=O) groups excluding carboxylic acids is 1. The maximum atomic E-state index is 14.0. The van der Waals surface area contributed by atoms with E-state index in [4.69, 9.17) is 25.8 Å². The Hall–Kier alpha value is -4.42. The van der Waals surface area contributed by atoms with Gasteiger partial charge in [0.2, 0.25) is 5.88 Å². The number of aromatic nitrogens is 1. The van der Waals surface area contributed by atoms with Gasteiger partial charge in [-0.2, -0.15) is 0 Å². The van der Waals surface area contributed by atoms with Crippen LogP contribution in [0.25, 0.3) is 21.9 Å². The Balaban J connectivity index is 1.45. The van der Waals surface area contributed by atoms with Crippen molar-refractivity contribution < 1.29 is 23.4 Å². The fourth-order valence-corrected chi connectivity index (χ4v) is 4.44. The number of halogens is 2. The van der Waals surface area contributed by atoms with Gasteiger partial charge in [-0.3, -0.25) is 0 Å². The van der Waals surface area contributed by atoms with E-state index in [1.165, 1.54) is 6.07 Å². The number of hydrogen-bond acceptors (Lipinski definition) is 5. The van der Waals surface area contributed by atoms with E-state index in [1.807, 2.05) is 72.8 Å². The van der Waals surface area contributed by atoms with Gasteiger partial charge in [-0.15, -0.1) is 0 Å². The highest BCUT2D eigenvalue weighted by Crippen LogP contribution is 2.40. The summed E-state index contributed by atoms with van der Waals surface area (Å²) in [5.74, 6) is -0.0926. The van der Waals surface area contributed by atoms with E-state index in [1.54, 1.807) is 25.1 Å². The van der Waals surface area contributed by atoms with E-state index in [-0.39, 0.29) is 30.1 Å². The first-order chi connectivity index (χ1) is 19.0. The Morgan fingerprint density at radius 2 is 1.51 bits per heavy atom. The number of rotatable bonds is 9. The summed E-state index contributed by atoms with van der Waals surface area (Å²) in [7, 11) is 0. The molecule has 0 aliphatic heterocycles. The van der Waals surface area contributed by atoms with Crippen LogP contribution in [0.5, 0.6) is 11.6 Å². The van der Waals surface area contributed by atoms with Gasteiger partial charge in [0.05, 0.1) is 0 Å². The lowest BCUT2D eigenvalue weighted by atomic mass is 9.99. The molecule has 0 bridgehead atoms. The molecule has 0 spiro atoms. The van der Waals surface area contributed by atoms with Crippen LogP contribution < -0.4 is 9.47 Å². The number of benzene rings is 4. The number of aryl methyl sites for hydroxylation is 1. The van der Waals surface area contributed by atoms with Crippen molar-refractivity contribution in [1.29, 1.82) is 0 Å². The van der Waals surface area contributed by atoms with Gasteiger partial charge in [0.1, 0.15) is 29.9 Å². The topological polar surface area (TPSA) is 57.7 Å². The number of carbonyl (C=O) groups is 1. The lowest BCUT2D eigenvalue weighted by Crippen LogP contribution is -2.15. The SMILES string of the molecule is Cc1cc(-c2c(Cl)nc(OCC(=O)OCc3ccccc3)c3cc(OCc4ccccc4)ccc23)ccc1F. The van der Waals surface area contributed by atoms with Crippen molar-refractivity contribution in [3.63, 3.8) is 0 Å². The van der Waals surface area contributed by atoms with Gasteiger partial charge < -0.3 is 14.2 Å². The minimum absolute atomic E-state index is 0.137. The minimum Gasteiger partial charge on any atom is -0.489 e. The Morgan fingerprint density at radius 3 is 2.21 bits per heavy atom. The maximum absolute atomic E-state index is 14.0. The summed E-state index contributed by atoms with van der Waals surface area (Å²) >= 11 is 6.64. The molecule has 7 heteroatoms. The molecule has 5 nitrogen and oxygen atoms in total. The van der Waals surface area contributed by atoms with Crippen molar-refractivity contribution in [2.45, 2.75) is 20.1 Å². The van der Waals surface area contributed by atoms with Gasteiger partial charge in [-0.25, -0.2) is 14.2 Å². The quantitative estimate of drug-likeness (QED) is 0.141. The van der Waals surface area contributed by atoms with E-state index >= 15 is 0 Å². The summed E-state index contributed by atoms with van der Waals surface area (Å²) in [6, 6.07) is 29.5. The Labute approximate surface area is 230 Å². The van der Waals surface area contributed by atoms with Crippen molar-refractivity contribution in [3.8, 4) is 22.8 Å². The van der Waals surface area contributed by atoms with Crippen LogP contribution in [0.2, 0.25) is 5.15 Å². The molecule has 1 heterocycles. The molecule has 0 amide bonds. The molecule has 39 heavy (non-hydrogen) atoms. The third-order valence-electron chi connectivity index (χ3n) is 6.16. The molecule has 1 aromatic heterocycles. The van der Waals surface area contributed by atoms with E-state index in [0.717, 1.165) is 16.5 Å². The summed E-state index contributed by atoms with van der Waals surface area (Å²) in [6.45, 7) is 1.85. The fraction of sp³-hybridized carbons (Fsp3) is 0.125. The highest BCUT2D eigenvalue weighted by atomic mass is 35.5. The fourth-order valence-electron chi connectivity index (χ4n) is 4.16. The molecule has 0 aliphatic carbocycles. The molecule has 0 aliphatic rings. The Kier molecular flexibility index (Phi) is 8.04. The minimum atomic E-state index is -0.542. The van der Waals surface area contributed by atoms with Gasteiger partial charge >= 0.3 is 5.97 Å². The van der Waals surface area contributed by atoms with E-state index < -0.39 is 5.97 Å². The molecular weight excluding hydrogens is 517 g/mol. The molecule has 4 aromatic carbocycles. The van der Waals surface area contributed by atoms with Crippen LogP contribution in [0.15, 0.2) is 97.1 Å². The van der Waals surface area contributed by atoms with Crippen molar-refractivity contribution in [2.75, 3.05) is 6.61 Å². The van der Waals surface area contributed by atoms with Crippen LogP contribution in [-0.2, 0) is 22.7 Å². The van der Waals surface area contributed by atoms with Crippen LogP contribution in [0.1, 0.15) is 16.7 Å². The predicted molar refractivity (Wildman–Crippen MR) is 149 cm³/mol. The highest BCUT2D eigenvalue weighted by molar-refractivity contribution is 6.34. The molecule has 5 aromatic rings. The van der Waals surface area contributed by atoms with Crippen molar-refractivity contribution in [2.24, 2.45) is 0 Å².